The van der Waals surface area contributed by atoms with Crippen molar-refractivity contribution >= 4 is 0 Å². The summed E-state index contributed by atoms with van der Waals surface area (Å²) in [5, 5.41) is 0. The second kappa shape index (κ2) is 4.48. The van der Waals surface area contributed by atoms with E-state index in [1.165, 1.54) is 12.1 Å². The SMILES string of the molecule is Cc1ccc(-c2cccc(C(F)(F)F)c2)c(C)c1. The van der Waals surface area contributed by atoms with Crippen LogP contribution >= 0.6 is 0 Å². The molecule has 0 aliphatic heterocycles. The lowest BCUT2D eigenvalue weighted by Crippen LogP contribution is -2.04. The van der Waals surface area contributed by atoms with Crippen LogP contribution in [0.15, 0.2) is 42.5 Å². The molecule has 0 aliphatic rings. The average Bonchev–Trinajstić information content (AvgIpc) is 2.28. The van der Waals surface area contributed by atoms with Gasteiger partial charge in [-0.2, -0.15) is 13.2 Å². The second-order valence-electron chi connectivity index (χ2n) is 4.40. The van der Waals surface area contributed by atoms with Gasteiger partial charge < -0.3 is 0 Å². The van der Waals surface area contributed by atoms with Crippen molar-refractivity contribution in [3.63, 3.8) is 0 Å². The Balaban J connectivity index is 2.51. The fourth-order valence-electron chi connectivity index (χ4n) is 2.00. The van der Waals surface area contributed by atoms with Crippen molar-refractivity contribution in [2.75, 3.05) is 0 Å². The quantitative estimate of drug-likeness (QED) is 0.669. The van der Waals surface area contributed by atoms with E-state index in [4.69, 9.17) is 0 Å². The minimum absolute atomic E-state index is 0.599. The average molecular weight is 250 g/mol. The number of rotatable bonds is 1. The molecule has 0 nitrogen and oxygen atoms in total. The fourth-order valence-corrected chi connectivity index (χ4v) is 2.00. The molecule has 2 aromatic carbocycles. The molecule has 0 atom stereocenters. The van der Waals surface area contributed by atoms with Crippen molar-refractivity contribution < 1.29 is 13.2 Å². The summed E-state index contributed by atoms with van der Waals surface area (Å²) < 4.78 is 37.9. The summed E-state index contributed by atoms with van der Waals surface area (Å²) in [7, 11) is 0. The highest BCUT2D eigenvalue weighted by molar-refractivity contribution is 5.68. The van der Waals surface area contributed by atoms with E-state index in [0.717, 1.165) is 22.8 Å². The molecule has 3 heteroatoms. The van der Waals surface area contributed by atoms with Crippen LogP contribution in [-0.4, -0.2) is 0 Å². The topological polar surface area (TPSA) is 0 Å². The van der Waals surface area contributed by atoms with E-state index in [1.54, 1.807) is 6.07 Å². The summed E-state index contributed by atoms with van der Waals surface area (Å²) in [5.41, 5.74) is 2.91. The van der Waals surface area contributed by atoms with Gasteiger partial charge in [0.05, 0.1) is 5.56 Å². The van der Waals surface area contributed by atoms with Crippen molar-refractivity contribution in [2.24, 2.45) is 0 Å². The monoisotopic (exact) mass is 250 g/mol. The van der Waals surface area contributed by atoms with Gasteiger partial charge in [-0.05, 0) is 42.7 Å². The van der Waals surface area contributed by atoms with Gasteiger partial charge in [-0.1, -0.05) is 35.9 Å². The smallest absolute Gasteiger partial charge is 0.166 e. The predicted octanol–water partition coefficient (Wildman–Crippen LogP) is 4.99. The van der Waals surface area contributed by atoms with Crippen LogP contribution in [0.2, 0.25) is 0 Å². The van der Waals surface area contributed by atoms with E-state index in [2.05, 4.69) is 0 Å². The lowest BCUT2D eigenvalue weighted by Gasteiger charge is -2.11. The highest BCUT2D eigenvalue weighted by Gasteiger charge is 2.30. The van der Waals surface area contributed by atoms with E-state index < -0.39 is 11.7 Å². The van der Waals surface area contributed by atoms with Crippen molar-refractivity contribution in [3.05, 3.63) is 59.2 Å². The Kier molecular flexibility index (Phi) is 3.16. The zero-order valence-corrected chi connectivity index (χ0v) is 10.2. The molecule has 0 N–H and O–H groups in total. The highest BCUT2D eigenvalue weighted by atomic mass is 19.4. The van der Waals surface area contributed by atoms with E-state index in [1.807, 2.05) is 32.0 Å². The molecule has 0 saturated heterocycles. The molecule has 18 heavy (non-hydrogen) atoms. The minimum Gasteiger partial charge on any atom is -0.166 e. The van der Waals surface area contributed by atoms with Crippen LogP contribution in [-0.2, 0) is 6.18 Å². The van der Waals surface area contributed by atoms with Gasteiger partial charge in [-0.3, -0.25) is 0 Å². The van der Waals surface area contributed by atoms with Crippen LogP contribution in [0.5, 0.6) is 0 Å². The van der Waals surface area contributed by atoms with Crippen molar-refractivity contribution in [3.8, 4) is 11.1 Å². The Bertz CT molecular complexity index is 568. The first-order valence-corrected chi connectivity index (χ1v) is 5.63. The molecule has 0 aliphatic carbocycles. The molecule has 94 valence electrons. The molecule has 2 rings (SSSR count). The first-order valence-electron chi connectivity index (χ1n) is 5.63. The van der Waals surface area contributed by atoms with Gasteiger partial charge in [-0.25, -0.2) is 0 Å². The van der Waals surface area contributed by atoms with Crippen LogP contribution in [0.4, 0.5) is 13.2 Å². The Morgan fingerprint density at radius 3 is 2.22 bits per heavy atom. The molecular weight excluding hydrogens is 237 g/mol. The molecule has 0 fully saturated rings. The number of alkyl halides is 3. The van der Waals surface area contributed by atoms with Crippen molar-refractivity contribution in [2.45, 2.75) is 20.0 Å². The van der Waals surface area contributed by atoms with E-state index >= 15 is 0 Å². The van der Waals surface area contributed by atoms with E-state index in [-0.39, 0.29) is 0 Å². The first kappa shape index (κ1) is 12.7. The highest BCUT2D eigenvalue weighted by Crippen LogP contribution is 2.33. The largest absolute Gasteiger partial charge is 0.416 e. The summed E-state index contributed by atoms with van der Waals surface area (Å²) in [6.07, 6.45) is -4.30. The zero-order chi connectivity index (χ0) is 13.3. The van der Waals surface area contributed by atoms with Gasteiger partial charge in [0.1, 0.15) is 0 Å². The molecule has 0 heterocycles. The van der Waals surface area contributed by atoms with Crippen LogP contribution in [0, 0.1) is 13.8 Å². The van der Waals surface area contributed by atoms with Crippen molar-refractivity contribution in [1.82, 2.24) is 0 Å². The number of hydrogen-bond donors (Lipinski definition) is 0. The molecule has 0 spiro atoms. The molecule has 0 aromatic heterocycles. The third-order valence-corrected chi connectivity index (χ3v) is 2.88. The number of benzene rings is 2. The summed E-state index contributed by atoms with van der Waals surface area (Å²) in [4.78, 5) is 0. The summed E-state index contributed by atoms with van der Waals surface area (Å²) in [6, 6.07) is 11.2. The van der Waals surface area contributed by atoms with E-state index in [9.17, 15) is 13.2 Å². The standard InChI is InChI=1S/C15H13F3/c1-10-6-7-14(11(2)8-10)12-4-3-5-13(9-12)15(16,17)18/h3-9H,1-2H3. The molecular formula is C15H13F3. The molecule has 0 bridgehead atoms. The van der Waals surface area contributed by atoms with Crippen LogP contribution in [0.25, 0.3) is 11.1 Å². The summed E-state index contributed by atoms with van der Waals surface area (Å²) in [6.45, 7) is 3.87. The normalized spacial score (nSPS) is 11.6. The second-order valence-corrected chi connectivity index (χ2v) is 4.40. The zero-order valence-electron chi connectivity index (χ0n) is 10.2. The molecule has 0 amide bonds. The maximum Gasteiger partial charge on any atom is 0.416 e. The van der Waals surface area contributed by atoms with Gasteiger partial charge in [0, 0.05) is 0 Å². The van der Waals surface area contributed by atoms with E-state index in [0.29, 0.717) is 5.56 Å². The molecule has 0 radical (unpaired) electrons. The first-order chi connectivity index (χ1) is 8.38. The fraction of sp³-hybridized carbons (Fsp3) is 0.200. The summed E-state index contributed by atoms with van der Waals surface area (Å²) >= 11 is 0. The van der Waals surface area contributed by atoms with Crippen LogP contribution < -0.4 is 0 Å². The van der Waals surface area contributed by atoms with Gasteiger partial charge in [0.15, 0.2) is 0 Å². The molecule has 0 unspecified atom stereocenters. The Morgan fingerprint density at radius 2 is 1.61 bits per heavy atom. The van der Waals surface area contributed by atoms with Crippen molar-refractivity contribution in [1.29, 1.82) is 0 Å². The maximum absolute atomic E-state index is 12.6. The minimum atomic E-state index is -4.30. The lowest BCUT2D eigenvalue weighted by atomic mass is 9.97. The number of aryl methyl sites for hydroxylation is 2. The number of hydrogen-bond acceptors (Lipinski definition) is 0. The third kappa shape index (κ3) is 2.55. The van der Waals surface area contributed by atoms with Gasteiger partial charge in [0.25, 0.3) is 0 Å². The predicted molar refractivity (Wildman–Crippen MR) is 66.4 cm³/mol. The lowest BCUT2D eigenvalue weighted by molar-refractivity contribution is -0.137. The Labute approximate surface area is 104 Å². The van der Waals surface area contributed by atoms with Gasteiger partial charge in [0.2, 0.25) is 0 Å². The van der Waals surface area contributed by atoms with Gasteiger partial charge in [-0.15, -0.1) is 0 Å². The molecule has 0 saturated carbocycles. The molecule has 2 aromatic rings. The van der Waals surface area contributed by atoms with Crippen LogP contribution in [0.3, 0.4) is 0 Å². The van der Waals surface area contributed by atoms with Crippen LogP contribution in [0.1, 0.15) is 16.7 Å². The Morgan fingerprint density at radius 1 is 0.889 bits per heavy atom. The Hall–Kier alpha value is -1.77. The maximum atomic E-state index is 12.6. The summed E-state index contributed by atoms with van der Waals surface area (Å²) in [5.74, 6) is 0. The van der Waals surface area contributed by atoms with Gasteiger partial charge >= 0.3 is 6.18 Å². The number of halogens is 3. The third-order valence-electron chi connectivity index (χ3n) is 2.88.